The molecule has 176 valence electrons. The molecule has 1 atom stereocenters. The number of benzene rings is 3. The van der Waals surface area contributed by atoms with Crippen LogP contribution in [0.25, 0.3) is 10.8 Å². The van der Waals surface area contributed by atoms with Crippen LogP contribution in [0.15, 0.2) is 71.6 Å². The number of carbonyl (C=O) groups excluding carboxylic acids is 3. The molecule has 1 saturated heterocycles. The van der Waals surface area contributed by atoms with Crippen LogP contribution >= 0.6 is 11.8 Å². The Kier molecular flexibility index (Phi) is 7.85. The van der Waals surface area contributed by atoms with Crippen LogP contribution < -0.4 is 5.32 Å². The van der Waals surface area contributed by atoms with Crippen LogP contribution in [0.2, 0.25) is 0 Å². The molecule has 1 aliphatic rings. The van der Waals surface area contributed by atoms with Gasteiger partial charge in [-0.1, -0.05) is 54.6 Å². The van der Waals surface area contributed by atoms with Crippen LogP contribution in [-0.4, -0.2) is 48.1 Å². The lowest BCUT2D eigenvalue weighted by Crippen LogP contribution is -2.31. The molecule has 0 radical (unpaired) electrons. The highest BCUT2D eigenvalue weighted by atomic mass is 32.2. The maximum atomic E-state index is 12.7. The number of hydrogen-bond donors (Lipinski definition) is 1. The maximum absolute atomic E-state index is 12.7. The highest BCUT2D eigenvalue weighted by Gasteiger charge is 2.20. The Balaban J connectivity index is 1.32. The van der Waals surface area contributed by atoms with Crippen molar-refractivity contribution in [2.24, 2.45) is 0 Å². The number of rotatable bonds is 8. The Morgan fingerprint density at radius 1 is 0.971 bits per heavy atom. The Bertz CT molecular complexity index is 1180. The molecule has 0 aromatic heterocycles. The summed E-state index contributed by atoms with van der Waals surface area (Å²) >= 11 is 1.32. The molecule has 3 aromatic rings. The van der Waals surface area contributed by atoms with Gasteiger partial charge in [0.2, 0.25) is 5.91 Å². The average Bonchev–Trinajstić information content (AvgIpc) is 3.41. The quantitative estimate of drug-likeness (QED) is 0.380. The van der Waals surface area contributed by atoms with E-state index in [1.54, 1.807) is 18.2 Å². The molecule has 1 aliphatic heterocycles. The van der Waals surface area contributed by atoms with Crippen molar-refractivity contribution < 1.29 is 19.1 Å². The van der Waals surface area contributed by atoms with Gasteiger partial charge in [-0.2, -0.15) is 0 Å². The van der Waals surface area contributed by atoms with Gasteiger partial charge in [-0.05, 0) is 48.2 Å². The van der Waals surface area contributed by atoms with Crippen LogP contribution in [0.3, 0.4) is 0 Å². The second kappa shape index (κ2) is 11.2. The number of likely N-dealkylation sites (tertiary alicyclic amines) is 1. The maximum Gasteiger partial charge on any atom is 0.339 e. The highest BCUT2D eigenvalue weighted by molar-refractivity contribution is 8.00. The Morgan fingerprint density at radius 3 is 2.50 bits per heavy atom. The van der Waals surface area contributed by atoms with E-state index in [-0.39, 0.29) is 30.2 Å². The van der Waals surface area contributed by atoms with Gasteiger partial charge in [0.05, 0.1) is 17.4 Å². The fourth-order valence-electron chi connectivity index (χ4n) is 4.16. The lowest BCUT2D eigenvalue weighted by Gasteiger charge is -2.17. The molecule has 0 bridgehead atoms. The van der Waals surface area contributed by atoms with Gasteiger partial charge in [-0.25, -0.2) is 4.79 Å². The van der Waals surface area contributed by atoms with E-state index in [0.717, 1.165) is 42.3 Å². The molecule has 34 heavy (non-hydrogen) atoms. The first kappa shape index (κ1) is 23.8. The van der Waals surface area contributed by atoms with Crippen molar-refractivity contribution in [3.05, 3.63) is 77.9 Å². The van der Waals surface area contributed by atoms with E-state index in [9.17, 15) is 14.4 Å². The number of fused-ring (bicyclic) bond motifs is 1. The summed E-state index contributed by atoms with van der Waals surface area (Å²) in [7, 11) is 0. The molecule has 0 aliphatic carbocycles. The lowest BCUT2D eigenvalue weighted by atomic mass is 10.00. The van der Waals surface area contributed by atoms with E-state index in [2.05, 4.69) is 5.32 Å². The Hall–Kier alpha value is -3.32. The van der Waals surface area contributed by atoms with Crippen molar-refractivity contribution in [3.63, 3.8) is 0 Å². The molecule has 1 N–H and O–H groups in total. The molecule has 4 rings (SSSR count). The molecule has 1 heterocycles. The summed E-state index contributed by atoms with van der Waals surface area (Å²) in [6, 6.07) is 20.7. The van der Waals surface area contributed by atoms with Crippen molar-refractivity contribution in [2.45, 2.75) is 30.7 Å². The van der Waals surface area contributed by atoms with Crippen LogP contribution in [-0.2, 0) is 14.3 Å². The summed E-state index contributed by atoms with van der Waals surface area (Å²) in [6.45, 7) is 3.13. The van der Waals surface area contributed by atoms with Gasteiger partial charge < -0.3 is 15.0 Å². The topological polar surface area (TPSA) is 75.7 Å². The van der Waals surface area contributed by atoms with Gasteiger partial charge in [0.15, 0.2) is 6.61 Å². The molecule has 0 saturated carbocycles. The average molecular weight is 477 g/mol. The first-order chi connectivity index (χ1) is 16.5. The summed E-state index contributed by atoms with van der Waals surface area (Å²) in [4.78, 5) is 40.1. The smallest absolute Gasteiger partial charge is 0.339 e. The summed E-state index contributed by atoms with van der Waals surface area (Å²) in [5, 5.41) is 5.08. The van der Waals surface area contributed by atoms with E-state index in [1.807, 2.05) is 60.4 Å². The molecular weight excluding hydrogens is 448 g/mol. The molecule has 1 fully saturated rings. The van der Waals surface area contributed by atoms with Crippen molar-refractivity contribution in [1.29, 1.82) is 0 Å². The summed E-state index contributed by atoms with van der Waals surface area (Å²) in [5.41, 5.74) is 1.36. The molecule has 2 amide bonds. The fourth-order valence-corrected chi connectivity index (χ4v) is 5.10. The number of nitrogens with zero attached hydrogens (tertiary/aromatic N) is 1. The molecule has 0 spiro atoms. The normalized spacial score (nSPS) is 14.1. The van der Waals surface area contributed by atoms with Gasteiger partial charge in [-0.3, -0.25) is 9.59 Å². The van der Waals surface area contributed by atoms with E-state index in [0.29, 0.717) is 10.5 Å². The molecule has 6 nitrogen and oxygen atoms in total. The molecular formula is C27H28N2O4S. The van der Waals surface area contributed by atoms with Crippen LogP contribution in [0.4, 0.5) is 0 Å². The second-order valence-electron chi connectivity index (χ2n) is 8.31. The van der Waals surface area contributed by atoms with Crippen LogP contribution in [0, 0.1) is 0 Å². The summed E-state index contributed by atoms with van der Waals surface area (Å²) in [5.74, 6) is -0.604. The molecule has 3 aromatic carbocycles. The third kappa shape index (κ3) is 5.78. The monoisotopic (exact) mass is 476 g/mol. The number of ether oxygens (including phenoxy) is 1. The van der Waals surface area contributed by atoms with Crippen LogP contribution in [0.5, 0.6) is 0 Å². The van der Waals surface area contributed by atoms with Crippen molar-refractivity contribution in [3.8, 4) is 0 Å². The first-order valence-electron chi connectivity index (χ1n) is 11.5. The Labute approximate surface area is 203 Å². The zero-order valence-corrected chi connectivity index (χ0v) is 20.0. The molecule has 1 unspecified atom stereocenters. The van der Waals surface area contributed by atoms with Gasteiger partial charge >= 0.3 is 5.97 Å². The van der Waals surface area contributed by atoms with Gasteiger partial charge in [0.25, 0.3) is 5.91 Å². The largest absolute Gasteiger partial charge is 0.452 e. The number of esters is 1. The minimum absolute atomic E-state index is 0.0764. The third-order valence-corrected chi connectivity index (χ3v) is 6.98. The minimum atomic E-state index is -0.579. The predicted octanol–water partition coefficient (Wildman–Crippen LogP) is 4.59. The zero-order valence-electron chi connectivity index (χ0n) is 19.2. The first-order valence-corrected chi connectivity index (χ1v) is 12.5. The third-order valence-electron chi connectivity index (χ3n) is 5.92. The number of hydrogen-bond acceptors (Lipinski definition) is 5. The SMILES string of the molecule is CC(NC(=O)COC(=O)c1ccccc1SCC(=O)N1CCCC1)c1cccc2ccccc12. The number of thioether (sulfide) groups is 1. The zero-order chi connectivity index (χ0) is 23.9. The standard InChI is InChI=1S/C27H28N2O4S/c1-19(21-13-8-10-20-9-2-3-11-22(20)21)28-25(30)17-33-27(32)23-12-4-5-14-24(23)34-18-26(31)29-15-6-7-16-29/h2-5,8-14,19H,6-7,15-18H2,1H3,(H,28,30). The van der Waals surface area contributed by atoms with Crippen molar-refractivity contribution in [1.82, 2.24) is 10.2 Å². The number of nitrogens with one attached hydrogen (secondary N) is 1. The summed E-state index contributed by atoms with van der Waals surface area (Å²) < 4.78 is 5.30. The second-order valence-corrected chi connectivity index (χ2v) is 9.32. The number of amides is 2. The lowest BCUT2D eigenvalue weighted by molar-refractivity contribution is -0.127. The predicted molar refractivity (Wildman–Crippen MR) is 134 cm³/mol. The summed E-state index contributed by atoms with van der Waals surface area (Å²) in [6.07, 6.45) is 2.08. The fraction of sp³-hybridized carbons (Fsp3) is 0.296. The van der Waals surface area contributed by atoms with Gasteiger partial charge in [0, 0.05) is 18.0 Å². The minimum Gasteiger partial charge on any atom is -0.452 e. The van der Waals surface area contributed by atoms with E-state index in [4.69, 9.17) is 4.74 Å². The van der Waals surface area contributed by atoms with Gasteiger partial charge in [0.1, 0.15) is 0 Å². The highest BCUT2D eigenvalue weighted by Crippen LogP contribution is 2.25. The van der Waals surface area contributed by atoms with E-state index >= 15 is 0 Å². The van der Waals surface area contributed by atoms with Crippen molar-refractivity contribution in [2.75, 3.05) is 25.4 Å². The van der Waals surface area contributed by atoms with E-state index in [1.165, 1.54) is 11.8 Å². The van der Waals surface area contributed by atoms with Crippen LogP contribution in [0.1, 0.15) is 41.7 Å². The number of carbonyl (C=O) groups is 3. The van der Waals surface area contributed by atoms with E-state index < -0.39 is 5.97 Å². The Morgan fingerprint density at radius 2 is 1.68 bits per heavy atom. The molecule has 7 heteroatoms. The van der Waals surface area contributed by atoms with Crippen molar-refractivity contribution >= 4 is 40.3 Å². The van der Waals surface area contributed by atoms with Gasteiger partial charge in [-0.15, -0.1) is 11.8 Å².